The quantitative estimate of drug-likeness (QED) is 0.288. The summed E-state index contributed by atoms with van der Waals surface area (Å²) in [5, 5.41) is 14.1. The molecule has 1 aromatic heterocycles. The van der Waals surface area contributed by atoms with Crippen LogP contribution in [0.5, 0.6) is 0 Å². The number of nitrogens with one attached hydrogen (secondary N) is 1. The molecule has 0 unspecified atom stereocenters. The van der Waals surface area contributed by atoms with Crippen LogP contribution in [0.25, 0.3) is 11.1 Å². The Hall–Kier alpha value is -2.51. The van der Waals surface area contributed by atoms with Gasteiger partial charge in [0.2, 0.25) is 5.91 Å². The standard InChI is InChI=1S/C27H34Cl2N6O/c1-5-21(36)33-14-27(15-33)11-17(12-27)35-16(2)22(23-18(13-30)20(31)10-19(28)24(23)29)25(32-35)34-9-7-6-8-26(34,3)4/h5,10,13,17,30H,1,6-9,11-12,14-15,31H2,2-4H3. The van der Waals surface area contributed by atoms with Gasteiger partial charge in [0.05, 0.1) is 16.1 Å². The van der Waals surface area contributed by atoms with E-state index in [9.17, 15) is 4.79 Å². The van der Waals surface area contributed by atoms with E-state index in [1.807, 2.05) is 4.90 Å². The number of nitrogens with two attached hydrogens (primary N) is 1. The van der Waals surface area contributed by atoms with Crippen molar-refractivity contribution in [2.45, 2.75) is 64.5 Å². The summed E-state index contributed by atoms with van der Waals surface area (Å²) >= 11 is 13.3. The molecule has 2 aromatic rings. The number of carbonyl (C=O) groups excluding carboxylic acids is 1. The Bertz CT molecular complexity index is 1250. The minimum absolute atomic E-state index is 0.00334. The van der Waals surface area contributed by atoms with E-state index in [-0.39, 0.29) is 22.9 Å². The van der Waals surface area contributed by atoms with Crippen LogP contribution < -0.4 is 10.6 Å². The molecular weight excluding hydrogens is 495 g/mol. The molecule has 9 heteroatoms. The summed E-state index contributed by atoms with van der Waals surface area (Å²) in [5.74, 6) is 0.880. The third-order valence-electron chi connectivity index (χ3n) is 8.45. The van der Waals surface area contributed by atoms with Crippen molar-refractivity contribution in [3.8, 4) is 11.1 Å². The first-order valence-corrected chi connectivity index (χ1v) is 13.3. The summed E-state index contributed by atoms with van der Waals surface area (Å²) < 4.78 is 2.14. The highest BCUT2D eigenvalue weighted by atomic mass is 35.5. The second-order valence-electron chi connectivity index (χ2n) is 11.3. The van der Waals surface area contributed by atoms with Crippen molar-refractivity contribution in [1.29, 1.82) is 5.41 Å². The Kier molecular flexibility index (Phi) is 6.15. The Balaban J connectivity index is 1.59. The topological polar surface area (TPSA) is 91.2 Å². The van der Waals surface area contributed by atoms with Gasteiger partial charge in [-0.05, 0) is 65.0 Å². The summed E-state index contributed by atoms with van der Waals surface area (Å²) in [6.45, 7) is 12.7. The number of rotatable bonds is 5. The molecule has 3 fully saturated rings. The zero-order valence-corrected chi connectivity index (χ0v) is 22.7. The first-order chi connectivity index (χ1) is 17.0. The second-order valence-corrected chi connectivity index (χ2v) is 12.1. The van der Waals surface area contributed by atoms with E-state index in [0.29, 0.717) is 26.9 Å². The smallest absolute Gasteiger partial charge is 0.245 e. The van der Waals surface area contributed by atoms with Crippen LogP contribution in [-0.4, -0.2) is 52.0 Å². The summed E-state index contributed by atoms with van der Waals surface area (Å²) in [6, 6.07) is 1.85. The van der Waals surface area contributed by atoms with Crippen molar-refractivity contribution >= 4 is 46.8 Å². The first-order valence-electron chi connectivity index (χ1n) is 12.6. The highest BCUT2D eigenvalue weighted by Gasteiger charge is 2.54. The normalized spacial score (nSPS) is 20.7. The summed E-state index contributed by atoms with van der Waals surface area (Å²) in [5.41, 5.74) is 9.98. The number of anilines is 2. The molecule has 192 valence electrons. The Morgan fingerprint density at radius 3 is 2.56 bits per heavy atom. The molecule has 2 aliphatic heterocycles. The monoisotopic (exact) mass is 528 g/mol. The fourth-order valence-corrected chi connectivity index (χ4v) is 6.94. The van der Waals surface area contributed by atoms with Crippen molar-refractivity contribution < 1.29 is 4.79 Å². The fraction of sp³-hybridized carbons (Fsp3) is 0.519. The maximum Gasteiger partial charge on any atom is 0.245 e. The number of hydrogen-bond donors (Lipinski definition) is 2. The lowest BCUT2D eigenvalue weighted by Crippen LogP contribution is -2.63. The number of carbonyl (C=O) groups is 1. The van der Waals surface area contributed by atoms with Crippen molar-refractivity contribution in [2.75, 3.05) is 30.3 Å². The van der Waals surface area contributed by atoms with E-state index >= 15 is 0 Å². The van der Waals surface area contributed by atoms with E-state index in [1.165, 1.54) is 18.7 Å². The number of benzene rings is 1. The molecule has 1 saturated carbocycles. The lowest BCUT2D eigenvalue weighted by molar-refractivity contribution is -0.149. The van der Waals surface area contributed by atoms with Gasteiger partial charge in [-0.3, -0.25) is 9.48 Å². The van der Waals surface area contributed by atoms with Crippen molar-refractivity contribution in [3.63, 3.8) is 0 Å². The van der Waals surface area contributed by atoms with Crippen LogP contribution in [0.3, 0.4) is 0 Å². The predicted octanol–water partition coefficient (Wildman–Crippen LogP) is 5.86. The Morgan fingerprint density at radius 2 is 1.94 bits per heavy atom. The summed E-state index contributed by atoms with van der Waals surface area (Å²) in [6.07, 6.45) is 7.94. The Labute approximate surface area is 222 Å². The van der Waals surface area contributed by atoms with E-state index in [1.54, 1.807) is 6.07 Å². The highest BCUT2D eigenvalue weighted by Crippen LogP contribution is 2.56. The van der Waals surface area contributed by atoms with Gasteiger partial charge in [-0.2, -0.15) is 5.10 Å². The van der Waals surface area contributed by atoms with E-state index in [2.05, 4.69) is 36.9 Å². The molecule has 3 heterocycles. The van der Waals surface area contributed by atoms with Crippen LogP contribution in [0, 0.1) is 17.7 Å². The van der Waals surface area contributed by atoms with Crippen molar-refractivity contribution in [2.24, 2.45) is 5.41 Å². The average molecular weight is 530 g/mol. The third-order valence-corrected chi connectivity index (χ3v) is 9.23. The van der Waals surface area contributed by atoms with Crippen molar-refractivity contribution in [1.82, 2.24) is 14.7 Å². The molecule has 1 aliphatic carbocycles. The number of piperidine rings is 1. The van der Waals surface area contributed by atoms with Gasteiger partial charge in [0, 0.05) is 64.9 Å². The largest absolute Gasteiger partial charge is 0.398 e. The molecule has 3 N–H and O–H groups in total. The van der Waals surface area contributed by atoms with Gasteiger partial charge >= 0.3 is 0 Å². The molecule has 1 spiro atoms. The minimum Gasteiger partial charge on any atom is -0.398 e. The van der Waals surface area contributed by atoms with Gasteiger partial charge in [-0.25, -0.2) is 0 Å². The number of aromatic nitrogens is 2. The number of nitrogens with zero attached hydrogens (tertiary/aromatic N) is 4. The van der Waals surface area contributed by atoms with Gasteiger partial charge in [-0.1, -0.05) is 29.8 Å². The summed E-state index contributed by atoms with van der Waals surface area (Å²) in [4.78, 5) is 16.2. The van der Waals surface area contributed by atoms with Crippen LogP contribution in [0.2, 0.25) is 10.0 Å². The van der Waals surface area contributed by atoms with Gasteiger partial charge in [0.25, 0.3) is 0 Å². The lowest BCUT2D eigenvalue weighted by Gasteiger charge is -2.58. The number of halogens is 2. The molecule has 1 amide bonds. The second kappa shape index (κ2) is 8.80. The Morgan fingerprint density at radius 1 is 1.25 bits per heavy atom. The number of hydrogen-bond acceptors (Lipinski definition) is 5. The predicted molar refractivity (Wildman–Crippen MR) is 147 cm³/mol. The maximum absolute atomic E-state index is 11.9. The van der Waals surface area contributed by atoms with E-state index in [4.69, 9.17) is 39.4 Å². The number of amides is 1. The molecular formula is C27H34Cl2N6O. The van der Waals surface area contributed by atoms with E-state index < -0.39 is 0 Å². The van der Waals surface area contributed by atoms with Gasteiger partial charge in [0.1, 0.15) is 0 Å². The van der Waals surface area contributed by atoms with Crippen LogP contribution in [-0.2, 0) is 4.79 Å². The van der Waals surface area contributed by atoms with Gasteiger partial charge < -0.3 is 20.9 Å². The SMILES string of the molecule is C=CC(=O)N1CC2(CC(n3nc(N4CCCCC4(C)C)c(-c4c(Cl)c(Cl)cc(N)c4C=N)c3C)C2)C1. The zero-order valence-electron chi connectivity index (χ0n) is 21.2. The third kappa shape index (κ3) is 3.82. The molecule has 36 heavy (non-hydrogen) atoms. The maximum atomic E-state index is 11.9. The van der Waals surface area contributed by atoms with Gasteiger partial charge in [0.15, 0.2) is 5.82 Å². The minimum atomic E-state index is -0.0690. The van der Waals surface area contributed by atoms with Crippen LogP contribution in [0.15, 0.2) is 18.7 Å². The van der Waals surface area contributed by atoms with Crippen LogP contribution in [0.1, 0.15) is 63.3 Å². The highest BCUT2D eigenvalue weighted by molar-refractivity contribution is 6.44. The zero-order chi connectivity index (χ0) is 26.0. The molecule has 1 aromatic carbocycles. The fourth-order valence-electron chi connectivity index (χ4n) is 6.48. The van der Waals surface area contributed by atoms with Crippen LogP contribution >= 0.6 is 23.2 Å². The molecule has 5 rings (SSSR count). The first kappa shape index (κ1) is 25.2. The molecule has 0 bridgehead atoms. The van der Waals surface area contributed by atoms with E-state index in [0.717, 1.165) is 62.4 Å². The summed E-state index contributed by atoms with van der Waals surface area (Å²) in [7, 11) is 0. The number of nitrogen functional groups attached to an aromatic ring is 1. The van der Waals surface area contributed by atoms with Crippen molar-refractivity contribution in [3.05, 3.63) is 40.0 Å². The molecule has 3 aliphatic rings. The van der Waals surface area contributed by atoms with Gasteiger partial charge in [-0.15, -0.1) is 0 Å². The molecule has 0 radical (unpaired) electrons. The molecule has 2 saturated heterocycles. The number of likely N-dealkylation sites (tertiary alicyclic amines) is 1. The molecule has 7 nitrogen and oxygen atoms in total. The average Bonchev–Trinajstić information content (AvgIpc) is 3.09. The van der Waals surface area contributed by atoms with Crippen LogP contribution in [0.4, 0.5) is 11.5 Å². The lowest BCUT2D eigenvalue weighted by atomic mass is 9.60. The molecule has 0 atom stereocenters.